The third-order valence-corrected chi connectivity index (χ3v) is 4.99. The van der Waals surface area contributed by atoms with Gasteiger partial charge in [0, 0.05) is 12.5 Å². The summed E-state index contributed by atoms with van der Waals surface area (Å²) >= 11 is 0. The summed E-state index contributed by atoms with van der Waals surface area (Å²) in [6.07, 6.45) is 6.47. The fraction of sp³-hybridized carbons (Fsp3) is 0.938. The molecule has 19 heavy (non-hydrogen) atoms. The van der Waals surface area contributed by atoms with E-state index in [0.717, 1.165) is 37.9 Å². The zero-order chi connectivity index (χ0) is 14.0. The lowest BCUT2D eigenvalue weighted by Gasteiger charge is -2.46. The molecule has 2 rings (SSSR count). The molecule has 0 amide bonds. The monoisotopic (exact) mass is 267 g/mol. The Balaban J connectivity index is 1.85. The molecule has 2 unspecified atom stereocenters. The molecule has 0 aromatic carbocycles. The van der Waals surface area contributed by atoms with Crippen molar-refractivity contribution >= 4 is 5.97 Å². The smallest absolute Gasteiger partial charge is 0.303 e. The standard InChI is InChI=1S/C16H29NO2/c1-12-8-14(11-16(2,3)10-12)17-6-4-13(5-7-17)9-15(18)19/h12-14H,4-11H2,1-3H3,(H,18,19). The Hall–Kier alpha value is -0.570. The van der Waals surface area contributed by atoms with Crippen molar-refractivity contribution in [2.24, 2.45) is 17.3 Å². The Morgan fingerprint density at radius 2 is 1.89 bits per heavy atom. The first-order valence-corrected chi connectivity index (χ1v) is 7.81. The van der Waals surface area contributed by atoms with E-state index in [1.165, 1.54) is 19.3 Å². The number of carbonyl (C=O) groups is 1. The topological polar surface area (TPSA) is 40.5 Å². The van der Waals surface area contributed by atoms with E-state index >= 15 is 0 Å². The van der Waals surface area contributed by atoms with Gasteiger partial charge in [0.05, 0.1) is 0 Å². The van der Waals surface area contributed by atoms with Gasteiger partial charge in [0.2, 0.25) is 0 Å². The molecule has 1 saturated heterocycles. The quantitative estimate of drug-likeness (QED) is 0.852. The van der Waals surface area contributed by atoms with E-state index in [9.17, 15) is 4.79 Å². The minimum Gasteiger partial charge on any atom is -0.481 e. The van der Waals surface area contributed by atoms with E-state index in [1.807, 2.05) is 0 Å². The van der Waals surface area contributed by atoms with Crippen LogP contribution in [0.1, 0.15) is 59.3 Å². The van der Waals surface area contributed by atoms with Crippen molar-refractivity contribution in [3.8, 4) is 0 Å². The van der Waals surface area contributed by atoms with E-state index in [2.05, 4.69) is 25.7 Å². The lowest BCUT2D eigenvalue weighted by atomic mass is 9.70. The molecule has 1 N–H and O–H groups in total. The highest BCUT2D eigenvalue weighted by atomic mass is 16.4. The molecule has 1 heterocycles. The summed E-state index contributed by atoms with van der Waals surface area (Å²) in [6, 6.07) is 0.726. The molecule has 0 aromatic heterocycles. The molecule has 1 saturated carbocycles. The normalized spacial score (nSPS) is 33.2. The molecule has 0 bridgehead atoms. The minimum atomic E-state index is -0.633. The van der Waals surface area contributed by atoms with Crippen molar-refractivity contribution in [2.45, 2.75) is 65.3 Å². The molecule has 3 nitrogen and oxygen atoms in total. The van der Waals surface area contributed by atoms with Crippen molar-refractivity contribution in [1.82, 2.24) is 4.90 Å². The maximum atomic E-state index is 10.8. The fourth-order valence-electron chi connectivity index (χ4n) is 4.34. The second-order valence-electron chi connectivity index (χ2n) is 7.64. The average molecular weight is 267 g/mol. The fourth-order valence-corrected chi connectivity index (χ4v) is 4.34. The third kappa shape index (κ3) is 4.20. The lowest BCUT2D eigenvalue weighted by Crippen LogP contribution is -2.46. The van der Waals surface area contributed by atoms with Gasteiger partial charge in [-0.25, -0.2) is 0 Å². The lowest BCUT2D eigenvalue weighted by molar-refractivity contribution is -0.138. The van der Waals surface area contributed by atoms with Gasteiger partial charge in [-0.15, -0.1) is 0 Å². The van der Waals surface area contributed by atoms with Crippen LogP contribution in [0.2, 0.25) is 0 Å². The number of piperidine rings is 1. The molecule has 0 spiro atoms. The van der Waals surface area contributed by atoms with E-state index in [1.54, 1.807) is 0 Å². The third-order valence-electron chi connectivity index (χ3n) is 4.99. The first-order chi connectivity index (χ1) is 8.85. The first-order valence-electron chi connectivity index (χ1n) is 7.81. The Morgan fingerprint density at radius 3 is 2.42 bits per heavy atom. The number of hydrogen-bond acceptors (Lipinski definition) is 2. The van der Waals surface area contributed by atoms with Crippen molar-refractivity contribution < 1.29 is 9.90 Å². The van der Waals surface area contributed by atoms with Gasteiger partial charge in [-0.05, 0) is 62.4 Å². The van der Waals surface area contributed by atoms with Gasteiger partial charge < -0.3 is 10.0 Å². The summed E-state index contributed by atoms with van der Waals surface area (Å²) < 4.78 is 0. The average Bonchev–Trinajstić information content (AvgIpc) is 2.26. The summed E-state index contributed by atoms with van der Waals surface area (Å²) in [6.45, 7) is 9.38. The summed E-state index contributed by atoms with van der Waals surface area (Å²) in [7, 11) is 0. The van der Waals surface area contributed by atoms with Crippen LogP contribution in [0.25, 0.3) is 0 Å². The van der Waals surface area contributed by atoms with E-state index in [-0.39, 0.29) is 0 Å². The zero-order valence-corrected chi connectivity index (χ0v) is 12.7. The highest BCUT2D eigenvalue weighted by molar-refractivity contribution is 5.67. The molecule has 3 heteroatoms. The number of likely N-dealkylation sites (tertiary alicyclic amines) is 1. The SMILES string of the molecule is CC1CC(N2CCC(CC(=O)O)CC2)CC(C)(C)C1. The molecule has 0 radical (unpaired) electrons. The van der Waals surface area contributed by atoms with Crippen molar-refractivity contribution in [2.75, 3.05) is 13.1 Å². The summed E-state index contributed by atoms with van der Waals surface area (Å²) in [5, 5.41) is 8.87. The highest BCUT2D eigenvalue weighted by Gasteiger charge is 2.36. The first kappa shape index (κ1) is 14.8. The highest BCUT2D eigenvalue weighted by Crippen LogP contribution is 2.41. The van der Waals surface area contributed by atoms with Gasteiger partial charge in [0.15, 0.2) is 0 Å². The van der Waals surface area contributed by atoms with E-state index in [0.29, 0.717) is 17.8 Å². The van der Waals surface area contributed by atoms with Gasteiger partial charge >= 0.3 is 5.97 Å². The zero-order valence-electron chi connectivity index (χ0n) is 12.7. The number of carboxylic acid groups (broad SMARTS) is 1. The van der Waals surface area contributed by atoms with Crippen LogP contribution in [0.3, 0.4) is 0 Å². The van der Waals surface area contributed by atoms with Crippen LogP contribution in [0.5, 0.6) is 0 Å². The molecule has 2 fully saturated rings. The van der Waals surface area contributed by atoms with Gasteiger partial charge in [-0.2, -0.15) is 0 Å². The molecule has 1 aliphatic carbocycles. The van der Waals surface area contributed by atoms with Crippen LogP contribution in [0.4, 0.5) is 0 Å². The maximum absolute atomic E-state index is 10.8. The van der Waals surface area contributed by atoms with Gasteiger partial charge in [0.25, 0.3) is 0 Å². The predicted octanol–water partition coefficient (Wildman–Crippen LogP) is 3.39. The number of aliphatic carboxylic acids is 1. The van der Waals surface area contributed by atoms with Crippen molar-refractivity contribution in [3.63, 3.8) is 0 Å². The Kier molecular flexibility index (Phi) is 4.54. The van der Waals surface area contributed by atoms with E-state index in [4.69, 9.17) is 5.11 Å². The number of rotatable bonds is 3. The molecular formula is C16H29NO2. The molecule has 110 valence electrons. The summed E-state index contributed by atoms with van der Waals surface area (Å²) in [5.41, 5.74) is 0.472. The summed E-state index contributed by atoms with van der Waals surface area (Å²) in [5.74, 6) is 0.596. The van der Waals surface area contributed by atoms with Gasteiger partial charge in [-0.1, -0.05) is 20.8 Å². The van der Waals surface area contributed by atoms with Crippen molar-refractivity contribution in [3.05, 3.63) is 0 Å². The van der Waals surface area contributed by atoms with Crippen LogP contribution in [0, 0.1) is 17.3 Å². The molecule has 2 aliphatic rings. The Bertz CT molecular complexity index is 319. The number of nitrogens with zero attached hydrogens (tertiary/aromatic N) is 1. The minimum absolute atomic E-state index is 0.362. The molecule has 0 aromatic rings. The largest absolute Gasteiger partial charge is 0.481 e. The van der Waals surface area contributed by atoms with Crippen LogP contribution in [-0.2, 0) is 4.79 Å². The van der Waals surface area contributed by atoms with Gasteiger partial charge in [0.1, 0.15) is 0 Å². The molecular weight excluding hydrogens is 238 g/mol. The number of carboxylic acids is 1. The predicted molar refractivity (Wildman–Crippen MR) is 77.1 cm³/mol. The molecule has 1 aliphatic heterocycles. The van der Waals surface area contributed by atoms with Crippen molar-refractivity contribution in [1.29, 1.82) is 0 Å². The van der Waals surface area contributed by atoms with Crippen LogP contribution < -0.4 is 0 Å². The van der Waals surface area contributed by atoms with Gasteiger partial charge in [-0.3, -0.25) is 4.79 Å². The maximum Gasteiger partial charge on any atom is 0.303 e. The molecule has 2 atom stereocenters. The summed E-state index contributed by atoms with van der Waals surface area (Å²) in [4.78, 5) is 13.4. The van der Waals surface area contributed by atoms with E-state index < -0.39 is 5.97 Å². The number of hydrogen-bond donors (Lipinski definition) is 1. The second kappa shape index (κ2) is 5.82. The van der Waals surface area contributed by atoms with Crippen LogP contribution >= 0.6 is 0 Å². The Labute approximate surface area is 117 Å². The Morgan fingerprint density at radius 1 is 1.26 bits per heavy atom. The van der Waals surface area contributed by atoms with Crippen LogP contribution in [-0.4, -0.2) is 35.1 Å². The van der Waals surface area contributed by atoms with Crippen LogP contribution in [0.15, 0.2) is 0 Å². The second-order valence-corrected chi connectivity index (χ2v) is 7.64.